The van der Waals surface area contributed by atoms with Gasteiger partial charge < -0.3 is 10.2 Å². The normalized spacial score (nSPS) is 15.4. The van der Waals surface area contributed by atoms with Crippen LogP contribution in [0.15, 0.2) is 24.3 Å². The Kier molecular flexibility index (Phi) is 3.46. The molecule has 0 aliphatic heterocycles. The quantitative estimate of drug-likeness (QED) is 0.739. The maximum Gasteiger partial charge on any atom is 0.0836 e. The van der Waals surface area contributed by atoms with E-state index in [0.717, 1.165) is 5.56 Å². The topological polar surface area (TPSA) is 40.5 Å². The molecule has 0 spiro atoms. The van der Waals surface area contributed by atoms with Crippen LogP contribution >= 0.6 is 0 Å². The van der Waals surface area contributed by atoms with E-state index in [-0.39, 0.29) is 12.5 Å². The first-order valence-electron chi connectivity index (χ1n) is 4.50. The van der Waals surface area contributed by atoms with Crippen LogP contribution in [0, 0.1) is 6.92 Å². The van der Waals surface area contributed by atoms with Crippen LogP contribution < -0.4 is 0 Å². The lowest BCUT2D eigenvalue weighted by Gasteiger charge is -2.16. The van der Waals surface area contributed by atoms with E-state index in [1.54, 1.807) is 0 Å². The Morgan fingerprint density at radius 3 is 2.23 bits per heavy atom. The Bertz CT molecular complexity index is 253. The lowest BCUT2D eigenvalue weighted by molar-refractivity contribution is 0.0772. The van der Waals surface area contributed by atoms with Gasteiger partial charge in [0.05, 0.1) is 12.7 Å². The average molecular weight is 180 g/mol. The summed E-state index contributed by atoms with van der Waals surface area (Å²) in [6.45, 7) is 3.75. The fourth-order valence-electron chi connectivity index (χ4n) is 1.25. The van der Waals surface area contributed by atoms with Crippen LogP contribution in [0.5, 0.6) is 0 Å². The highest BCUT2D eigenvalue weighted by molar-refractivity contribution is 5.24. The zero-order chi connectivity index (χ0) is 9.84. The number of aryl methyl sites for hydroxylation is 1. The highest BCUT2D eigenvalue weighted by Crippen LogP contribution is 2.19. The molecule has 2 N–H and O–H groups in total. The van der Waals surface area contributed by atoms with Crippen LogP contribution in [0.2, 0.25) is 0 Å². The minimum absolute atomic E-state index is 0.00870. The second-order valence-electron chi connectivity index (χ2n) is 3.45. The first-order chi connectivity index (χ1) is 6.15. The Labute approximate surface area is 78.8 Å². The molecule has 1 rings (SSSR count). The minimum Gasteiger partial charge on any atom is -0.394 e. The van der Waals surface area contributed by atoms with Crippen molar-refractivity contribution in [3.05, 3.63) is 35.4 Å². The zero-order valence-corrected chi connectivity index (χ0v) is 8.07. The number of benzene rings is 1. The van der Waals surface area contributed by atoms with E-state index in [4.69, 9.17) is 5.11 Å². The molecular formula is C11H16O2. The van der Waals surface area contributed by atoms with Crippen LogP contribution in [-0.2, 0) is 0 Å². The van der Waals surface area contributed by atoms with Crippen molar-refractivity contribution in [2.75, 3.05) is 6.61 Å². The Morgan fingerprint density at radius 2 is 1.77 bits per heavy atom. The third kappa shape index (κ3) is 2.54. The van der Waals surface area contributed by atoms with E-state index in [9.17, 15) is 5.11 Å². The maximum absolute atomic E-state index is 9.40. The molecule has 0 aliphatic rings. The summed E-state index contributed by atoms with van der Waals surface area (Å²) in [5.41, 5.74) is 2.27. The van der Waals surface area contributed by atoms with Crippen molar-refractivity contribution < 1.29 is 10.2 Å². The number of hydrogen-bond donors (Lipinski definition) is 2. The van der Waals surface area contributed by atoms with E-state index in [2.05, 4.69) is 0 Å². The second-order valence-corrected chi connectivity index (χ2v) is 3.45. The Morgan fingerprint density at radius 1 is 1.23 bits per heavy atom. The molecule has 13 heavy (non-hydrogen) atoms. The van der Waals surface area contributed by atoms with Crippen LogP contribution in [0.1, 0.15) is 24.0 Å². The number of aliphatic hydroxyl groups is 2. The van der Waals surface area contributed by atoms with Gasteiger partial charge in [-0.1, -0.05) is 36.8 Å². The van der Waals surface area contributed by atoms with Crippen LogP contribution in [0.4, 0.5) is 0 Å². The fourth-order valence-corrected chi connectivity index (χ4v) is 1.25. The van der Waals surface area contributed by atoms with Gasteiger partial charge in [-0.2, -0.15) is 0 Å². The minimum atomic E-state index is -0.664. The number of hydrogen-bond acceptors (Lipinski definition) is 2. The van der Waals surface area contributed by atoms with Crippen molar-refractivity contribution in [2.45, 2.75) is 25.9 Å². The summed E-state index contributed by atoms with van der Waals surface area (Å²) >= 11 is 0. The van der Waals surface area contributed by atoms with Gasteiger partial charge in [0, 0.05) is 5.92 Å². The third-order valence-electron chi connectivity index (χ3n) is 2.37. The standard InChI is InChI=1S/C11H16O2/c1-8-3-5-10(6-4-8)9(2)11(13)7-12/h3-6,9,11-13H,7H2,1-2H3. The highest BCUT2D eigenvalue weighted by atomic mass is 16.3. The van der Waals surface area contributed by atoms with Crippen LogP contribution in [0.3, 0.4) is 0 Å². The molecule has 2 atom stereocenters. The molecule has 0 saturated heterocycles. The molecule has 1 aromatic rings. The molecule has 0 fully saturated rings. The molecule has 0 saturated carbocycles. The van der Waals surface area contributed by atoms with Gasteiger partial charge >= 0.3 is 0 Å². The molecule has 2 heteroatoms. The molecule has 0 amide bonds. The van der Waals surface area contributed by atoms with Gasteiger partial charge in [0.1, 0.15) is 0 Å². The summed E-state index contributed by atoms with van der Waals surface area (Å²) in [6.07, 6.45) is -0.664. The largest absolute Gasteiger partial charge is 0.394 e. The van der Waals surface area contributed by atoms with Crippen molar-refractivity contribution in [1.82, 2.24) is 0 Å². The van der Waals surface area contributed by atoms with E-state index >= 15 is 0 Å². The summed E-state index contributed by atoms with van der Waals surface area (Å²) < 4.78 is 0. The van der Waals surface area contributed by atoms with Gasteiger partial charge in [-0.25, -0.2) is 0 Å². The van der Waals surface area contributed by atoms with E-state index in [1.165, 1.54) is 5.56 Å². The van der Waals surface area contributed by atoms with Gasteiger partial charge in [0.15, 0.2) is 0 Å². The molecule has 1 aromatic carbocycles. The number of rotatable bonds is 3. The zero-order valence-electron chi connectivity index (χ0n) is 8.07. The lowest BCUT2D eigenvalue weighted by atomic mass is 9.95. The number of aliphatic hydroxyl groups excluding tert-OH is 2. The van der Waals surface area contributed by atoms with Crippen molar-refractivity contribution >= 4 is 0 Å². The molecule has 2 unspecified atom stereocenters. The summed E-state index contributed by atoms with van der Waals surface area (Å²) in [4.78, 5) is 0. The van der Waals surface area contributed by atoms with Crippen LogP contribution in [-0.4, -0.2) is 22.9 Å². The summed E-state index contributed by atoms with van der Waals surface area (Å²) in [5.74, 6) is -0.00870. The maximum atomic E-state index is 9.40. The molecule has 0 heterocycles. The average Bonchev–Trinajstić information content (AvgIpc) is 2.17. The third-order valence-corrected chi connectivity index (χ3v) is 2.37. The molecule has 0 radical (unpaired) electrons. The van der Waals surface area contributed by atoms with E-state index in [0.29, 0.717) is 0 Å². The molecule has 72 valence electrons. The van der Waals surface area contributed by atoms with Gasteiger partial charge in [-0.05, 0) is 12.5 Å². The molecule has 0 aliphatic carbocycles. The lowest BCUT2D eigenvalue weighted by Crippen LogP contribution is -2.19. The molecule has 0 bridgehead atoms. The first kappa shape index (κ1) is 10.2. The monoisotopic (exact) mass is 180 g/mol. The van der Waals surface area contributed by atoms with Gasteiger partial charge in [-0.3, -0.25) is 0 Å². The van der Waals surface area contributed by atoms with Gasteiger partial charge in [0.25, 0.3) is 0 Å². The fraction of sp³-hybridized carbons (Fsp3) is 0.455. The predicted molar refractivity (Wildman–Crippen MR) is 52.7 cm³/mol. The summed E-state index contributed by atoms with van der Waals surface area (Å²) in [6, 6.07) is 7.99. The molecule has 0 aromatic heterocycles. The van der Waals surface area contributed by atoms with E-state index in [1.807, 2.05) is 38.1 Å². The summed E-state index contributed by atoms with van der Waals surface area (Å²) in [7, 11) is 0. The second kappa shape index (κ2) is 4.40. The Balaban J connectivity index is 2.77. The van der Waals surface area contributed by atoms with Crippen molar-refractivity contribution in [1.29, 1.82) is 0 Å². The van der Waals surface area contributed by atoms with E-state index < -0.39 is 6.10 Å². The van der Waals surface area contributed by atoms with Gasteiger partial charge in [0.2, 0.25) is 0 Å². The SMILES string of the molecule is Cc1ccc(C(C)C(O)CO)cc1. The smallest absolute Gasteiger partial charge is 0.0836 e. The first-order valence-corrected chi connectivity index (χ1v) is 4.50. The Hall–Kier alpha value is -0.860. The van der Waals surface area contributed by atoms with Crippen molar-refractivity contribution in [2.24, 2.45) is 0 Å². The molecule has 2 nitrogen and oxygen atoms in total. The predicted octanol–water partition coefficient (Wildman–Crippen LogP) is 1.45. The molecular weight excluding hydrogens is 164 g/mol. The van der Waals surface area contributed by atoms with Gasteiger partial charge in [-0.15, -0.1) is 0 Å². The summed E-state index contributed by atoms with van der Waals surface area (Å²) in [5, 5.41) is 18.2. The highest BCUT2D eigenvalue weighted by Gasteiger charge is 2.14. The van der Waals surface area contributed by atoms with Crippen molar-refractivity contribution in [3.8, 4) is 0 Å². The van der Waals surface area contributed by atoms with Crippen molar-refractivity contribution in [3.63, 3.8) is 0 Å². The van der Waals surface area contributed by atoms with Crippen LogP contribution in [0.25, 0.3) is 0 Å².